The van der Waals surface area contributed by atoms with Crippen LogP contribution in [0.5, 0.6) is 0 Å². The summed E-state index contributed by atoms with van der Waals surface area (Å²) in [6.07, 6.45) is 3.57. The fraction of sp³-hybridized carbons (Fsp3) is 0.296. The van der Waals surface area contributed by atoms with E-state index < -0.39 is 0 Å². The second kappa shape index (κ2) is 9.55. The van der Waals surface area contributed by atoms with E-state index in [1.54, 1.807) is 12.4 Å². The zero-order chi connectivity index (χ0) is 22.6. The first-order valence-electron chi connectivity index (χ1n) is 11.6. The van der Waals surface area contributed by atoms with Gasteiger partial charge in [0.05, 0.1) is 12.2 Å². The Morgan fingerprint density at radius 2 is 1.42 bits per heavy atom. The lowest BCUT2D eigenvalue weighted by atomic mass is 10.1. The highest BCUT2D eigenvalue weighted by Crippen LogP contribution is 2.27. The number of aryl methyl sites for hydroxylation is 1. The number of nitrogens with zero attached hydrogens (tertiary/aromatic N) is 6. The molecule has 2 aromatic carbocycles. The maximum atomic E-state index is 4.84. The quantitative estimate of drug-likeness (QED) is 0.449. The standard InChI is InChI=1S/C27H30N6/c1-21-25(22(2)33(30-21)19-23-9-5-3-6-10-23)20-31-15-17-32(18-16-31)27-26(28-13-14-29-27)24-11-7-4-8-12-24/h3-14H,15-20H2,1-2H3. The molecule has 0 spiro atoms. The molecule has 1 saturated heterocycles. The Balaban J connectivity index is 1.26. The molecule has 0 unspecified atom stereocenters. The van der Waals surface area contributed by atoms with Gasteiger partial charge >= 0.3 is 0 Å². The summed E-state index contributed by atoms with van der Waals surface area (Å²) >= 11 is 0. The van der Waals surface area contributed by atoms with Gasteiger partial charge in [-0.3, -0.25) is 14.6 Å². The third kappa shape index (κ3) is 4.66. The molecule has 0 bridgehead atoms. The van der Waals surface area contributed by atoms with Crippen LogP contribution >= 0.6 is 0 Å². The molecule has 0 amide bonds. The Morgan fingerprint density at radius 1 is 0.758 bits per heavy atom. The zero-order valence-corrected chi connectivity index (χ0v) is 19.4. The Kier molecular flexibility index (Phi) is 6.17. The summed E-state index contributed by atoms with van der Waals surface area (Å²) in [6.45, 7) is 9.94. The lowest BCUT2D eigenvalue weighted by Crippen LogP contribution is -2.46. The van der Waals surface area contributed by atoms with E-state index in [1.807, 2.05) is 18.2 Å². The van der Waals surface area contributed by atoms with Crippen molar-refractivity contribution in [2.75, 3.05) is 31.1 Å². The molecule has 168 valence electrons. The topological polar surface area (TPSA) is 50.1 Å². The van der Waals surface area contributed by atoms with Crippen LogP contribution in [0.3, 0.4) is 0 Å². The molecule has 6 nitrogen and oxygen atoms in total. The number of rotatable bonds is 6. The summed E-state index contributed by atoms with van der Waals surface area (Å²) in [4.78, 5) is 14.2. The minimum absolute atomic E-state index is 0.816. The van der Waals surface area contributed by atoms with Gasteiger partial charge in [-0.25, -0.2) is 4.98 Å². The van der Waals surface area contributed by atoms with Crippen LogP contribution in [0.2, 0.25) is 0 Å². The van der Waals surface area contributed by atoms with Crippen LogP contribution in [-0.4, -0.2) is 50.8 Å². The van der Waals surface area contributed by atoms with Crippen LogP contribution < -0.4 is 4.90 Å². The summed E-state index contributed by atoms with van der Waals surface area (Å²) in [5.74, 6) is 0.978. The number of benzene rings is 2. The molecule has 0 aliphatic carbocycles. The monoisotopic (exact) mass is 438 g/mol. The van der Waals surface area contributed by atoms with Crippen molar-refractivity contribution in [2.24, 2.45) is 0 Å². The van der Waals surface area contributed by atoms with Gasteiger partial charge < -0.3 is 4.90 Å². The smallest absolute Gasteiger partial charge is 0.155 e. The molecule has 1 aliphatic heterocycles. The van der Waals surface area contributed by atoms with E-state index in [9.17, 15) is 0 Å². The van der Waals surface area contributed by atoms with Crippen molar-refractivity contribution >= 4 is 5.82 Å². The molecule has 0 atom stereocenters. The number of aromatic nitrogens is 4. The van der Waals surface area contributed by atoms with Crippen molar-refractivity contribution < 1.29 is 0 Å². The maximum Gasteiger partial charge on any atom is 0.155 e. The van der Waals surface area contributed by atoms with Gasteiger partial charge in [-0.15, -0.1) is 0 Å². The average Bonchev–Trinajstić information content (AvgIpc) is 3.13. The molecule has 0 radical (unpaired) electrons. The average molecular weight is 439 g/mol. The summed E-state index contributed by atoms with van der Waals surface area (Å²) in [6, 6.07) is 20.9. The van der Waals surface area contributed by atoms with Crippen LogP contribution in [0.25, 0.3) is 11.3 Å². The molecule has 1 fully saturated rings. The first-order chi connectivity index (χ1) is 16.2. The fourth-order valence-electron chi connectivity index (χ4n) is 4.58. The van der Waals surface area contributed by atoms with Crippen LogP contribution in [-0.2, 0) is 13.1 Å². The Hall–Kier alpha value is -3.51. The second-order valence-corrected chi connectivity index (χ2v) is 8.65. The third-order valence-electron chi connectivity index (χ3n) is 6.49. The maximum absolute atomic E-state index is 4.84. The van der Waals surface area contributed by atoms with E-state index in [0.29, 0.717) is 0 Å². The molecule has 2 aromatic heterocycles. The Labute approximate surface area is 195 Å². The van der Waals surface area contributed by atoms with Gasteiger partial charge in [0.15, 0.2) is 5.82 Å². The molecule has 6 heteroatoms. The Morgan fingerprint density at radius 3 is 2.15 bits per heavy atom. The van der Waals surface area contributed by atoms with Gasteiger partial charge in [-0.2, -0.15) is 5.10 Å². The first kappa shape index (κ1) is 21.3. The van der Waals surface area contributed by atoms with Crippen LogP contribution in [0.15, 0.2) is 73.1 Å². The molecule has 3 heterocycles. The highest BCUT2D eigenvalue weighted by Gasteiger charge is 2.23. The van der Waals surface area contributed by atoms with Gasteiger partial charge in [0.2, 0.25) is 0 Å². The number of anilines is 1. The molecular formula is C27H30N6. The first-order valence-corrected chi connectivity index (χ1v) is 11.6. The van der Waals surface area contributed by atoms with Crippen molar-refractivity contribution in [2.45, 2.75) is 26.9 Å². The van der Waals surface area contributed by atoms with E-state index in [-0.39, 0.29) is 0 Å². The molecule has 0 N–H and O–H groups in total. The number of piperazine rings is 1. The summed E-state index contributed by atoms with van der Waals surface area (Å²) in [5.41, 5.74) is 7.09. The van der Waals surface area contributed by atoms with Crippen molar-refractivity contribution in [1.29, 1.82) is 0 Å². The summed E-state index contributed by atoms with van der Waals surface area (Å²) in [7, 11) is 0. The minimum Gasteiger partial charge on any atom is -0.352 e. The van der Waals surface area contributed by atoms with E-state index in [2.05, 4.69) is 75.8 Å². The lowest BCUT2D eigenvalue weighted by Gasteiger charge is -2.36. The van der Waals surface area contributed by atoms with Crippen molar-refractivity contribution in [1.82, 2.24) is 24.6 Å². The van der Waals surface area contributed by atoms with Crippen molar-refractivity contribution in [3.05, 3.63) is 95.6 Å². The second-order valence-electron chi connectivity index (χ2n) is 8.65. The van der Waals surface area contributed by atoms with Gasteiger partial charge in [-0.05, 0) is 19.4 Å². The molecule has 0 saturated carbocycles. The predicted molar refractivity (Wildman–Crippen MR) is 132 cm³/mol. The third-order valence-corrected chi connectivity index (χ3v) is 6.49. The number of hydrogen-bond acceptors (Lipinski definition) is 5. The lowest BCUT2D eigenvalue weighted by molar-refractivity contribution is 0.248. The van der Waals surface area contributed by atoms with Crippen molar-refractivity contribution in [3.8, 4) is 11.3 Å². The van der Waals surface area contributed by atoms with Gasteiger partial charge in [-0.1, -0.05) is 60.7 Å². The molecule has 33 heavy (non-hydrogen) atoms. The highest BCUT2D eigenvalue weighted by atomic mass is 15.3. The molecular weight excluding hydrogens is 408 g/mol. The van der Waals surface area contributed by atoms with Crippen LogP contribution in [0.1, 0.15) is 22.5 Å². The largest absolute Gasteiger partial charge is 0.352 e. The normalized spacial score (nSPS) is 14.5. The van der Waals surface area contributed by atoms with E-state index in [1.165, 1.54) is 16.8 Å². The van der Waals surface area contributed by atoms with Gasteiger partial charge in [0, 0.05) is 61.9 Å². The van der Waals surface area contributed by atoms with Crippen LogP contribution in [0, 0.1) is 13.8 Å². The van der Waals surface area contributed by atoms with E-state index in [0.717, 1.165) is 62.0 Å². The molecule has 4 aromatic rings. The Bertz CT molecular complexity index is 1190. The fourth-order valence-corrected chi connectivity index (χ4v) is 4.58. The van der Waals surface area contributed by atoms with Crippen LogP contribution in [0.4, 0.5) is 5.82 Å². The number of hydrogen-bond donors (Lipinski definition) is 0. The minimum atomic E-state index is 0.816. The van der Waals surface area contributed by atoms with Gasteiger partial charge in [0.1, 0.15) is 5.69 Å². The molecule has 1 aliphatic rings. The van der Waals surface area contributed by atoms with E-state index in [4.69, 9.17) is 10.1 Å². The zero-order valence-electron chi connectivity index (χ0n) is 19.4. The highest BCUT2D eigenvalue weighted by molar-refractivity contribution is 5.71. The van der Waals surface area contributed by atoms with Gasteiger partial charge in [0.25, 0.3) is 0 Å². The van der Waals surface area contributed by atoms with E-state index >= 15 is 0 Å². The SMILES string of the molecule is Cc1nn(Cc2ccccc2)c(C)c1CN1CCN(c2nccnc2-c2ccccc2)CC1. The summed E-state index contributed by atoms with van der Waals surface area (Å²) < 4.78 is 2.14. The predicted octanol–water partition coefficient (Wildman–Crippen LogP) is 4.33. The summed E-state index contributed by atoms with van der Waals surface area (Å²) in [5, 5.41) is 4.84. The van der Waals surface area contributed by atoms with Crippen molar-refractivity contribution in [3.63, 3.8) is 0 Å². The molecule has 5 rings (SSSR count).